The van der Waals surface area contributed by atoms with E-state index in [0.29, 0.717) is 30.0 Å². The third kappa shape index (κ3) is 4.78. The molecule has 0 bridgehead atoms. The summed E-state index contributed by atoms with van der Waals surface area (Å²) in [6.45, 7) is 0.584. The van der Waals surface area contributed by atoms with E-state index in [1.54, 1.807) is 36.4 Å². The lowest BCUT2D eigenvalue weighted by Crippen LogP contribution is -2.08. The minimum atomic E-state index is -1.00. The van der Waals surface area contributed by atoms with Gasteiger partial charge in [-0.25, -0.2) is 9.18 Å². The number of methoxy groups -OCH3 is 1. The molecule has 0 unspecified atom stereocenters. The standard InChI is InChI=1S/C20H18FN3O3/c1-27-20-23-17(14-3-2-4-15(11-14)19(25)26)12-18(24-20)22-10-9-13-5-7-16(21)8-6-13/h2-8,11-12H,9-10H2,1H3,(H,25,26)(H,22,23,24). The molecule has 0 saturated carbocycles. The Morgan fingerprint density at radius 2 is 1.93 bits per heavy atom. The number of carboxylic acids is 1. The molecule has 2 aromatic carbocycles. The number of halogens is 1. The highest BCUT2D eigenvalue weighted by atomic mass is 19.1. The maximum atomic E-state index is 13.0. The average Bonchev–Trinajstić information content (AvgIpc) is 2.69. The highest BCUT2D eigenvalue weighted by Crippen LogP contribution is 2.23. The van der Waals surface area contributed by atoms with E-state index in [2.05, 4.69) is 15.3 Å². The number of aromatic nitrogens is 2. The van der Waals surface area contributed by atoms with Crippen molar-refractivity contribution >= 4 is 11.8 Å². The monoisotopic (exact) mass is 367 g/mol. The van der Waals surface area contributed by atoms with Crippen molar-refractivity contribution in [2.75, 3.05) is 19.0 Å². The number of carboxylic acid groups (broad SMARTS) is 1. The van der Waals surface area contributed by atoms with Crippen molar-refractivity contribution in [2.45, 2.75) is 6.42 Å². The summed E-state index contributed by atoms with van der Waals surface area (Å²) in [5.74, 6) is -0.712. The van der Waals surface area contributed by atoms with Crippen molar-refractivity contribution in [3.63, 3.8) is 0 Å². The van der Waals surface area contributed by atoms with Crippen LogP contribution >= 0.6 is 0 Å². The first-order chi connectivity index (χ1) is 13.0. The highest BCUT2D eigenvalue weighted by molar-refractivity contribution is 5.89. The molecule has 0 atom stereocenters. The van der Waals surface area contributed by atoms with Crippen molar-refractivity contribution in [2.24, 2.45) is 0 Å². The van der Waals surface area contributed by atoms with Gasteiger partial charge in [-0.2, -0.15) is 9.97 Å². The number of benzene rings is 2. The van der Waals surface area contributed by atoms with Crippen LogP contribution in [0.2, 0.25) is 0 Å². The predicted octanol–water partition coefficient (Wildman–Crippen LogP) is 3.64. The molecule has 1 heterocycles. The number of nitrogens with zero attached hydrogens (tertiary/aromatic N) is 2. The van der Waals surface area contributed by atoms with Crippen molar-refractivity contribution in [1.29, 1.82) is 0 Å². The zero-order chi connectivity index (χ0) is 19.2. The first kappa shape index (κ1) is 18.3. The van der Waals surface area contributed by atoms with Gasteiger partial charge in [0.1, 0.15) is 11.6 Å². The number of ether oxygens (including phenoxy) is 1. The van der Waals surface area contributed by atoms with Gasteiger partial charge in [-0.05, 0) is 36.2 Å². The van der Waals surface area contributed by atoms with E-state index in [9.17, 15) is 9.18 Å². The van der Waals surface area contributed by atoms with E-state index in [4.69, 9.17) is 9.84 Å². The number of hydrogen-bond acceptors (Lipinski definition) is 5. The quantitative estimate of drug-likeness (QED) is 0.663. The second kappa shape index (κ2) is 8.27. The van der Waals surface area contributed by atoms with Crippen LogP contribution in [0.3, 0.4) is 0 Å². The Kier molecular flexibility index (Phi) is 5.61. The van der Waals surface area contributed by atoms with E-state index in [1.165, 1.54) is 25.3 Å². The van der Waals surface area contributed by atoms with E-state index in [0.717, 1.165) is 5.56 Å². The minimum absolute atomic E-state index is 0.177. The molecule has 0 aliphatic heterocycles. The lowest BCUT2D eigenvalue weighted by atomic mass is 10.1. The highest BCUT2D eigenvalue weighted by Gasteiger charge is 2.10. The van der Waals surface area contributed by atoms with E-state index in [1.807, 2.05) is 0 Å². The summed E-state index contributed by atoms with van der Waals surface area (Å²) < 4.78 is 18.1. The van der Waals surface area contributed by atoms with Crippen LogP contribution < -0.4 is 10.1 Å². The zero-order valence-electron chi connectivity index (χ0n) is 14.6. The van der Waals surface area contributed by atoms with Gasteiger partial charge in [-0.3, -0.25) is 0 Å². The Morgan fingerprint density at radius 3 is 2.63 bits per heavy atom. The Morgan fingerprint density at radius 1 is 1.15 bits per heavy atom. The van der Waals surface area contributed by atoms with Crippen molar-refractivity contribution in [1.82, 2.24) is 9.97 Å². The first-order valence-electron chi connectivity index (χ1n) is 8.30. The summed E-state index contributed by atoms with van der Waals surface area (Å²) in [6, 6.07) is 14.7. The minimum Gasteiger partial charge on any atom is -0.478 e. The lowest BCUT2D eigenvalue weighted by molar-refractivity contribution is 0.0697. The van der Waals surface area contributed by atoms with E-state index in [-0.39, 0.29) is 17.4 Å². The molecule has 1 aromatic heterocycles. The number of hydrogen-bond donors (Lipinski definition) is 2. The SMILES string of the molecule is COc1nc(NCCc2ccc(F)cc2)cc(-c2cccc(C(=O)O)c2)n1. The molecule has 2 N–H and O–H groups in total. The Bertz CT molecular complexity index is 945. The normalized spacial score (nSPS) is 10.4. The zero-order valence-corrected chi connectivity index (χ0v) is 14.6. The van der Waals surface area contributed by atoms with Crippen LogP contribution in [0.5, 0.6) is 6.01 Å². The lowest BCUT2D eigenvalue weighted by Gasteiger charge is -2.10. The van der Waals surface area contributed by atoms with Crippen LogP contribution in [0.4, 0.5) is 10.2 Å². The van der Waals surface area contributed by atoms with Gasteiger partial charge < -0.3 is 15.2 Å². The van der Waals surface area contributed by atoms with E-state index >= 15 is 0 Å². The van der Waals surface area contributed by atoms with Gasteiger partial charge in [-0.15, -0.1) is 0 Å². The molecule has 0 saturated heterocycles. The summed E-state index contributed by atoms with van der Waals surface area (Å²) in [5.41, 5.74) is 2.38. The van der Waals surface area contributed by atoms with Crippen LogP contribution in [-0.4, -0.2) is 34.7 Å². The first-order valence-corrected chi connectivity index (χ1v) is 8.30. The molecule has 0 fully saturated rings. The van der Waals surface area contributed by atoms with Crippen LogP contribution in [0.15, 0.2) is 54.6 Å². The summed E-state index contributed by atoms with van der Waals surface area (Å²) >= 11 is 0. The average molecular weight is 367 g/mol. The second-order valence-corrected chi connectivity index (χ2v) is 5.81. The molecule has 0 spiro atoms. The Labute approximate surface area is 155 Å². The molecule has 6 nitrogen and oxygen atoms in total. The summed E-state index contributed by atoms with van der Waals surface area (Å²) in [7, 11) is 1.47. The van der Waals surface area contributed by atoms with Crippen LogP contribution in [-0.2, 0) is 6.42 Å². The van der Waals surface area contributed by atoms with Crippen molar-refractivity contribution < 1.29 is 19.0 Å². The number of anilines is 1. The van der Waals surface area contributed by atoms with Crippen molar-refractivity contribution in [3.8, 4) is 17.3 Å². The molecule has 138 valence electrons. The van der Waals surface area contributed by atoms with Gasteiger partial charge in [0.05, 0.1) is 18.4 Å². The molecule has 7 heteroatoms. The van der Waals surface area contributed by atoms with Crippen LogP contribution in [0.25, 0.3) is 11.3 Å². The summed E-state index contributed by atoms with van der Waals surface area (Å²) in [5, 5.41) is 12.3. The fourth-order valence-corrected chi connectivity index (χ4v) is 2.55. The number of carbonyl (C=O) groups is 1. The van der Waals surface area contributed by atoms with E-state index < -0.39 is 5.97 Å². The third-order valence-electron chi connectivity index (χ3n) is 3.93. The molecule has 27 heavy (non-hydrogen) atoms. The Hall–Kier alpha value is -3.48. The topological polar surface area (TPSA) is 84.3 Å². The summed E-state index contributed by atoms with van der Waals surface area (Å²) in [6.07, 6.45) is 0.691. The second-order valence-electron chi connectivity index (χ2n) is 5.81. The molecular formula is C20H18FN3O3. The van der Waals surface area contributed by atoms with Crippen LogP contribution in [0.1, 0.15) is 15.9 Å². The van der Waals surface area contributed by atoms with Gasteiger partial charge in [-0.1, -0.05) is 24.3 Å². The molecule has 3 rings (SSSR count). The molecule has 0 amide bonds. The maximum absolute atomic E-state index is 13.0. The van der Waals surface area contributed by atoms with Gasteiger partial charge in [0.25, 0.3) is 0 Å². The van der Waals surface area contributed by atoms with Gasteiger partial charge in [0.2, 0.25) is 0 Å². The van der Waals surface area contributed by atoms with Gasteiger partial charge >= 0.3 is 12.0 Å². The summed E-state index contributed by atoms with van der Waals surface area (Å²) in [4.78, 5) is 19.7. The number of aromatic carboxylic acids is 1. The molecule has 0 aliphatic carbocycles. The van der Waals surface area contributed by atoms with Crippen LogP contribution in [0, 0.1) is 5.82 Å². The maximum Gasteiger partial charge on any atom is 0.335 e. The van der Waals surface area contributed by atoms with Crippen molar-refractivity contribution in [3.05, 3.63) is 71.5 Å². The molecule has 0 radical (unpaired) electrons. The number of nitrogens with one attached hydrogen (secondary N) is 1. The molecule has 0 aliphatic rings. The van der Waals surface area contributed by atoms with Gasteiger partial charge in [0, 0.05) is 18.2 Å². The fourth-order valence-electron chi connectivity index (χ4n) is 2.55. The largest absolute Gasteiger partial charge is 0.478 e. The number of rotatable bonds is 7. The van der Waals surface area contributed by atoms with Gasteiger partial charge in [0.15, 0.2) is 0 Å². The smallest absolute Gasteiger partial charge is 0.335 e. The molecular weight excluding hydrogens is 349 g/mol. The fraction of sp³-hybridized carbons (Fsp3) is 0.150. The predicted molar refractivity (Wildman–Crippen MR) is 99.6 cm³/mol. The Balaban J connectivity index is 1.78. The molecule has 3 aromatic rings. The third-order valence-corrected chi connectivity index (χ3v) is 3.93.